The van der Waals surface area contributed by atoms with Crippen LogP contribution in [0.5, 0.6) is 11.5 Å². The number of nitrogens with zero attached hydrogens (tertiary/aromatic N) is 4. The molecule has 11 rings (SSSR count). The van der Waals surface area contributed by atoms with E-state index in [0.29, 0.717) is 6.67 Å². The third kappa shape index (κ3) is 8.75. The summed E-state index contributed by atoms with van der Waals surface area (Å²) in [5.41, 5.74) is 16.0. The van der Waals surface area contributed by atoms with Crippen molar-refractivity contribution in [3.8, 4) is 28.4 Å². The number of anilines is 4. The Morgan fingerprint density at radius 2 is 0.959 bits per heavy atom. The van der Waals surface area contributed by atoms with E-state index in [1.54, 1.807) is 0 Å². The predicted octanol–water partition coefficient (Wildman–Crippen LogP) is 18.1. The van der Waals surface area contributed by atoms with Gasteiger partial charge < -0.3 is 14.5 Å². The molecule has 10 aromatic rings. The van der Waals surface area contributed by atoms with Gasteiger partial charge in [0.25, 0.3) is 0 Å². The second kappa shape index (κ2) is 18.0. The molecule has 1 aliphatic heterocycles. The summed E-state index contributed by atoms with van der Waals surface area (Å²) in [4.78, 5) is 9.94. The van der Waals surface area contributed by atoms with Gasteiger partial charge in [0.1, 0.15) is 24.0 Å². The molecule has 0 saturated carbocycles. The molecule has 0 N–H and O–H groups in total. The minimum absolute atomic E-state index is 0.0229. The number of benzene rings is 8. The summed E-state index contributed by atoms with van der Waals surface area (Å²) in [5.74, 6) is 2.42. The molecule has 8 aromatic carbocycles. The molecule has 0 amide bonds. The average molecular weight is 955 g/mol. The fourth-order valence-corrected chi connectivity index (χ4v) is 10.9. The second-order valence-corrected chi connectivity index (χ2v) is 23.0. The summed E-state index contributed by atoms with van der Waals surface area (Å²) < 4.78 is 9.22. The minimum Gasteiger partial charge on any atom is -0.457 e. The van der Waals surface area contributed by atoms with Gasteiger partial charge in [-0.15, -0.1) is 0 Å². The zero-order valence-corrected chi connectivity index (χ0v) is 44.0. The largest absolute Gasteiger partial charge is 0.457 e. The Bertz CT molecular complexity index is 3650. The number of hydrogen-bond donors (Lipinski definition) is 0. The first-order valence-electron chi connectivity index (χ1n) is 25.8. The Labute approximate surface area is 432 Å². The molecule has 1 aliphatic rings. The number of rotatable bonds is 10. The lowest BCUT2D eigenvalue weighted by Gasteiger charge is -2.36. The van der Waals surface area contributed by atoms with Gasteiger partial charge in [0.15, 0.2) is 0 Å². The van der Waals surface area contributed by atoms with Gasteiger partial charge in [-0.2, -0.15) is 0 Å². The summed E-state index contributed by atoms with van der Waals surface area (Å²) in [6.07, 6.45) is 1.93. The van der Waals surface area contributed by atoms with Crippen molar-refractivity contribution < 1.29 is 4.74 Å². The smallest absolute Gasteiger partial charge is 0.137 e. The molecule has 0 fully saturated rings. The van der Waals surface area contributed by atoms with E-state index in [9.17, 15) is 0 Å². The molecule has 5 heteroatoms. The fourth-order valence-electron chi connectivity index (χ4n) is 10.9. The monoisotopic (exact) mass is 955 g/mol. The van der Waals surface area contributed by atoms with Gasteiger partial charge in [-0.3, -0.25) is 4.57 Å². The van der Waals surface area contributed by atoms with Crippen molar-refractivity contribution >= 4 is 44.6 Å². The van der Waals surface area contributed by atoms with Crippen molar-refractivity contribution in [1.82, 2.24) is 9.55 Å². The van der Waals surface area contributed by atoms with Crippen LogP contribution in [0.4, 0.5) is 22.7 Å². The molecule has 364 valence electrons. The van der Waals surface area contributed by atoms with Gasteiger partial charge in [0.05, 0.1) is 22.4 Å². The zero-order valence-electron chi connectivity index (χ0n) is 44.0. The van der Waals surface area contributed by atoms with E-state index < -0.39 is 0 Å². The Kier molecular flexibility index (Phi) is 11.7. The normalized spacial score (nSPS) is 13.2. The molecule has 0 radical (unpaired) electrons. The van der Waals surface area contributed by atoms with E-state index in [1.165, 1.54) is 55.6 Å². The minimum atomic E-state index is -0.334. The highest BCUT2D eigenvalue weighted by Gasteiger charge is 2.39. The van der Waals surface area contributed by atoms with E-state index in [0.717, 1.165) is 50.8 Å². The average Bonchev–Trinajstić information content (AvgIpc) is 3.94. The summed E-state index contributed by atoms with van der Waals surface area (Å²) in [6, 6.07) is 73.0. The van der Waals surface area contributed by atoms with Crippen LogP contribution in [0.1, 0.15) is 103 Å². The van der Waals surface area contributed by atoms with Crippen molar-refractivity contribution in [2.75, 3.05) is 16.5 Å². The van der Waals surface area contributed by atoms with Gasteiger partial charge in [-0.1, -0.05) is 191 Å². The van der Waals surface area contributed by atoms with Crippen molar-refractivity contribution in [3.63, 3.8) is 0 Å². The lowest BCUT2D eigenvalue weighted by molar-refractivity contribution is 0.483. The van der Waals surface area contributed by atoms with Gasteiger partial charge in [-0.25, -0.2) is 4.98 Å². The molecule has 0 saturated heterocycles. The predicted molar refractivity (Wildman–Crippen MR) is 307 cm³/mol. The summed E-state index contributed by atoms with van der Waals surface area (Å²) in [6.45, 7) is 23.8. The lowest BCUT2D eigenvalue weighted by Crippen LogP contribution is -2.28. The molecular formula is C68H66N4O. The summed E-state index contributed by atoms with van der Waals surface area (Å²) in [7, 11) is 0. The van der Waals surface area contributed by atoms with E-state index in [1.807, 2.05) is 6.20 Å². The lowest BCUT2D eigenvalue weighted by atomic mass is 9.68. The number of para-hydroxylation sites is 1. The van der Waals surface area contributed by atoms with Crippen molar-refractivity contribution in [3.05, 3.63) is 240 Å². The molecular weight excluding hydrogens is 889 g/mol. The van der Waals surface area contributed by atoms with Crippen molar-refractivity contribution in [1.29, 1.82) is 0 Å². The number of aromatic nitrogens is 2. The molecule has 5 nitrogen and oxygen atoms in total. The van der Waals surface area contributed by atoms with Crippen LogP contribution >= 0.6 is 0 Å². The first kappa shape index (κ1) is 47.4. The summed E-state index contributed by atoms with van der Waals surface area (Å²) in [5, 5.41) is 2.34. The van der Waals surface area contributed by atoms with Gasteiger partial charge in [-0.05, 0) is 122 Å². The molecule has 0 bridgehead atoms. The third-order valence-corrected chi connectivity index (χ3v) is 15.4. The Morgan fingerprint density at radius 1 is 0.397 bits per heavy atom. The van der Waals surface area contributed by atoms with Crippen LogP contribution in [0, 0.1) is 0 Å². The molecule has 0 spiro atoms. The van der Waals surface area contributed by atoms with E-state index in [2.05, 4.69) is 284 Å². The van der Waals surface area contributed by atoms with E-state index in [-0.39, 0.29) is 21.7 Å². The molecule has 73 heavy (non-hydrogen) atoms. The SMILES string of the molecule is CC(C)(C)c1cc(-c2ccccc2)cc(N2CN(c3cccc(Oc4ccc5c6ccccc6n(-c6cc(C(C)(C)C)ccn6)c5c4)c3)c3cc(C(C)(C)c4ccccc4)c(C(C)(C)c4ccccc4)cc32)c1. The summed E-state index contributed by atoms with van der Waals surface area (Å²) >= 11 is 0. The van der Waals surface area contributed by atoms with Crippen molar-refractivity contribution in [2.45, 2.75) is 90.9 Å². The van der Waals surface area contributed by atoms with Crippen LogP contribution in [0.15, 0.2) is 206 Å². The van der Waals surface area contributed by atoms with Gasteiger partial charge >= 0.3 is 0 Å². The van der Waals surface area contributed by atoms with Crippen LogP contribution < -0.4 is 14.5 Å². The number of ether oxygens (including phenoxy) is 1. The van der Waals surface area contributed by atoms with Crippen LogP contribution in [0.3, 0.4) is 0 Å². The second-order valence-electron chi connectivity index (χ2n) is 23.0. The Morgan fingerprint density at radius 3 is 1.59 bits per heavy atom. The highest BCUT2D eigenvalue weighted by atomic mass is 16.5. The highest BCUT2D eigenvalue weighted by Crippen LogP contribution is 2.52. The van der Waals surface area contributed by atoms with Crippen LogP contribution in [0.25, 0.3) is 38.8 Å². The highest BCUT2D eigenvalue weighted by molar-refractivity contribution is 6.09. The molecule has 0 unspecified atom stereocenters. The maximum atomic E-state index is 6.94. The number of pyridine rings is 1. The molecule has 2 aromatic heterocycles. The van der Waals surface area contributed by atoms with Crippen LogP contribution in [0.2, 0.25) is 0 Å². The van der Waals surface area contributed by atoms with E-state index >= 15 is 0 Å². The van der Waals surface area contributed by atoms with E-state index in [4.69, 9.17) is 9.72 Å². The topological polar surface area (TPSA) is 33.5 Å². The fraction of sp³-hybridized carbons (Fsp3) is 0.221. The standard InChI is InChI=1S/C68H66N4O/c1-65(2,3)50-35-36-69-64(40-50)72-60-32-21-20-31-56(60)57-34-33-55(42-61(57)72)73-54-30-22-29-52(41-54)70-45-71(53-38-47(46-23-14-11-15-24-46)37-51(39-53)66(4,5)6)63-44-59(68(9,10)49-27-18-13-19-28-49)58(43-62(63)70)67(7,8)48-25-16-12-17-26-48/h11-44H,45H2,1-10H3. The zero-order chi connectivity index (χ0) is 50.9. The molecule has 3 heterocycles. The van der Waals surface area contributed by atoms with Gasteiger partial charge in [0, 0.05) is 51.3 Å². The Balaban J connectivity index is 1.07. The quantitative estimate of drug-likeness (QED) is 0.137. The van der Waals surface area contributed by atoms with Gasteiger partial charge in [0.2, 0.25) is 0 Å². The molecule has 0 atom stereocenters. The Hall–Kier alpha value is -7.89. The van der Waals surface area contributed by atoms with Crippen LogP contribution in [-0.4, -0.2) is 16.2 Å². The first-order chi connectivity index (χ1) is 34.9. The first-order valence-corrected chi connectivity index (χ1v) is 25.8. The van der Waals surface area contributed by atoms with Crippen LogP contribution in [-0.2, 0) is 21.7 Å². The maximum Gasteiger partial charge on any atom is 0.137 e. The maximum absolute atomic E-state index is 6.94. The van der Waals surface area contributed by atoms with Crippen molar-refractivity contribution in [2.24, 2.45) is 0 Å². The third-order valence-electron chi connectivity index (χ3n) is 15.4. The number of hydrogen-bond acceptors (Lipinski definition) is 4. The molecule has 0 aliphatic carbocycles. The number of fused-ring (bicyclic) bond motifs is 4.